The lowest BCUT2D eigenvalue weighted by molar-refractivity contribution is -0.107. The highest BCUT2D eigenvalue weighted by atomic mass is 32.2. The molecular weight excluding hydrogens is 196 g/mol. The van der Waals surface area contributed by atoms with Crippen LogP contribution in [-0.4, -0.2) is 16.0 Å². The number of carbonyl (C=O) groups is 1. The first-order chi connectivity index (χ1) is 5.33. The maximum absolute atomic E-state index is 10.8. The Kier molecular flexibility index (Phi) is 4.18. The average molecular weight is 204 g/mol. The third kappa shape index (κ3) is 3.40. The molecule has 0 spiro atoms. The van der Waals surface area contributed by atoms with Crippen LogP contribution in [0.5, 0.6) is 0 Å². The summed E-state index contributed by atoms with van der Waals surface area (Å²) in [5.74, 6) is 0.808. The fourth-order valence-corrected chi connectivity index (χ4v) is 3.54. The zero-order valence-electron chi connectivity index (χ0n) is 5.91. The molecule has 0 saturated heterocycles. The van der Waals surface area contributed by atoms with Crippen LogP contribution < -0.4 is 0 Å². The molecule has 1 aliphatic heterocycles. The normalized spacial score (nSPS) is 16.2. The molecule has 60 valence electrons. The molecule has 0 amide bonds. The largest absolute Gasteiger partial charge is 0.282 e. The molecule has 1 rings (SSSR count). The lowest BCUT2D eigenvalue weighted by Gasteiger charge is -1.95. The van der Waals surface area contributed by atoms with Gasteiger partial charge < -0.3 is 0 Å². The minimum absolute atomic E-state index is 0.0587. The van der Waals surface area contributed by atoms with Gasteiger partial charge in [0.1, 0.15) is 0 Å². The summed E-state index contributed by atoms with van der Waals surface area (Å²) in [5.41, 5.74) is 0. The second-order valence-corrected chi connectivity index (χ2v) is 5.13. The highest BCUT2D eigenvalue weighted by Crippen LogP contribution is 2.33. The summed E-state index contributed by atoms with van der Waals surface area (Å²) in [6.07, 6.45) is 1.36. The quantitative estimate of drug-likeness (QED) is 0.657. The van der Waals surface area contributed by atoms with E-state index in [0.717, 1.165) is 10.8 Å². The monoisotopic (exact) mass is 204 g/mol. The van der Waals surface area contributed by atoms with Crippen molar-refractivity contribution in [3.8, 4) is 0 Å². The topological polar surface area (TPSA) is 17.1 Å². The Bertz CT molecular complexity index is 198. The summed E-state index contributed by atoms with van der Waals surface area (Å²) in [4.78, 5) is 12.1. The Hall–Kier alpha value is 0.200. The van der Waals surface area contributed by atoms with Crippen molar-refractivity contribution in [3.05, 3.63) is 23.0 Å². The first kappa shape index (κ1) is 9.29. The molecule has 0 N–H and O–H groups in total. The lowest BCUT2D eigenvalue weighted by atomic mass is 10.7. The van der Waals surface area contributed by atoms with Crippen molar-refractivity contribution in [2.24, 2.45) is 0 Å². The molecule has 1 heterocycles. The second kappa shape index (κ2) is 4.95. The van der Waals surface area contributed by atoms with Crippen LogP contribution in [0.15, 0.2) is 23.0 Å². The summed E-state index contributed by atoms with van der Waals surface area (Å²) in [6, 6.07) is 0. The second-order valence-electron chi connectivity index (χ2n) is 1.82. The van der Waals surface area contributed by atoms with E-state index in [2.05, 4.69) is 12.0 Å². The predicted octanol–water partition coefficient (Wildman–Crippen LogP) is 2.71. The summed E-state index contributed by atoms with van der Waals surface area (Å²) in [6.45, 7) is 3.40. The molecule has 4 heteroatoms. The zero-order valence-corrected chi connectivity index (χ0v) is 8.36. The van der Waals surface area contributed by atoms with Gasteiger partial charge >= 0.3 is 0 Å². The van der Waals surface area contributed by atoms with Gasteiger partial charge in [0.05, 0.1) is 0 Å². The minimum atomic E-state index is 0.0587. The maximum atomic E-state index is 10.8. The average Bonchev–Trinajstić information content (AvgIpc) is 2.52. The van der Waals surface area contributed by atoms with Crippen molar-refractivity contribution in [1.82, 2.24) is 0 Å². The smallest absolute Gasteiger partial charge is 0.211 e. The zero-order chi connectivity index (χ0) is 8.10. The van der Waals surface area contributed by atoms with E-state index in [4.69, 9.17) is 0 Å². The molecule has 0 aliphatic carbocycles. The molecule has 0 bridgehead atoms. The first-order valence-electron chi connectivity index (χ1n) is 3.05. The number of carbonyl (C=O) groups excluding carboxylic acids is 1. The molecule has 0 unspecified atom stereocenters. The lowest BCUT2D eigenvalue weighted by Crippen LogP contribution is -1.87. The molecule has 1 aliphatic rings. The number of thioether (sulfide) groups is 3. The molecule has 0 aromatic rings. The van der Waals surface area contributed by atoms with Crippen molar-refractivity contribution in [2.75, 3.05) is 10.8 Å². The molecule has 0 atom stereocenters. The van der Waals surface area contributed by atoms with Crippen LogP contribution in [0.3, 0.4) is 0 Å². The van der Waals surface area contributed by atoms with E-state index >= 15 is 0 Å². The molecule has 11 heavy (non-hydrogen) atoms. The Balaban J connectivity index is 2.21. The minimum Gasteiger partial charge on any atom is -0.282 e. The van der Waals surface area contributed by atoms with Gasteiger partial charge in [-0.25, -0.2) is 0 Å². The Labute approximate surface area is 79.1 Å². The van der Waals surface area contributed by atoms with Crippen LogP contribution in [-0.2, 0) is 4.79 Å². The molecule has 0 radical (unpaired) electrons. The van der Waals surface area contributed by atoms with E-state index < -0.39 is 0 Å². The summed E-state index contributed by atoms with van der Waals surface area (Å²) < 4.78 is 0. The Morgan fingerprint density at radius 1 is 1.91 bits per heavy atom. The molecule has 0 aromatic heterocycles. The van der Waals surface area contributed by atoms with Crippen molar-refractivity contribution in [2.45, 2.75) is 0 Å². The molecule has 0 aromatic carbocycles. The SMILES string of the molecule is C=CC(=O)SCC1=CSCS1. The number of hydrogen-bond acceptors (Lipinski definition) is 4. The van der Waals surface area contributed by atoms with E-state index in [1.807, 2.05) is 11.8 Å². The van der Waals surface area contributed by atoms with Gasteiger partial charge in [0.25, 0.3) is 0 Å². The predicted molar refractivity (Wildman–Crippen MR) is 55.8 cm³/mol. The van der Waals surface area contributed by atoms with Crippen LogP contribution in [0.25, 0.3) is 0 Å². The van der Waals surface area contributed by atoms with E-state index in [9.17, 15) is 4.79 Å². The van der Waals surface area contributed by atoms with Crippen molar-refractivity contribution in [1.29, 1.82) is 0 Å². The van der Waals surface area contributed by atoms with Crippen LogP contribution in [0, 0.1) is 0 Å². The Morgan fingerprint density at radius 2 is 2.73 bits per heavy atom. The molecule has 0 saturated carbocycles. The highest BCUT2D eigenvalue weighted by Gasteiger charge is 2.06. The number of hydrogen-bond donors (Lipinski definition) is 0. The molecule has 1 nitrogen and oxygen atoms in total. The highest BCUT2D eigenvalue weighted by molar-refractivity contribution is 8.23. The van der Waals surface area contributed by atoms with E-state index in [1.165, 1.54) is 22.7 Å². The fourth-order valence-electron chi connectivity index (χ4n) is 0.548. The third-order valence-corrected chi connectivity index (χ3v) is 4.39. The van der Waals surface area contributed by atoms with Crippen LogP contribution >= 0.6 is 35.3 Å². The van der Waals surface area contributed by atoms with Crippen molar-refractivity contribution < 1.29 is 4.79 Å². The van der Waals surface area contributed by atoms with Crippen LogP contribution in [0.4, 0.5) is 0 Å². The number of rotatable bonds is 3. The van der Waals surface area contributed by atoms with Crippen LogP contribution in [0.1, 0.15) is 0 Å². The van der Waals surface area contributed by atoms with Gasteiger partial charge in [0.2, 0.25) is 5.12 Å². The van der Waals surface area contributed by atoms with Gasteiger partial charge in [-0.15, -0.1) is 23.5 Å². The standard InChI is InChI=1S/C7H8OS3/c1-2-7(8)10-4-6-3-9-5-11-6/h2-3H,1,4-5H2. The van der Waals surface area contributed by atoms with E-state index in [-0.39, 0.29) is 5.12 Å². The van der Waals surface area contributed by atoms with E-state index in [0.29, 0.717) is 0 Å². The van der Waals surface area contributed by atoms with Crippen molar-refractivity contribution >= 4 is 40.4 Å². The molecular formula is C7H8OS3. The van der Waals surface area contributed by atoms with Gasteiger partial charge in [-0.3, -0.25) is 4.79 Å². The summed E-state index contributed by atoms with van der Waals surface area (Å²) in [5, 5.41) is 3.27. The van der Waals surface area contributed by atoms with Gasteiger partial charge in [-0.05, 0) is 11.5 Å². The van der Waals surface area contributed by atoms with Crippen molar-refractivity contribution in [3.63, 3.8) is 0 Å². The summed E-state index contributed by atoms with van der Waals surface area (Å²) in [7, 11) is 0. The third-order valence-electron chi connectivity index (χ3n) is 1.05. The van der Waals surface area contributed by atoms with Gasteiger partial charge in [0.15, 0.2) is 0 Å². The van der Waals surface area contributed by atoms with Crippen LogP contribution in [0.2, 0.25) is 0 Å². The summed E-state index contributed by atoms with van der Waals surface area (Å²) >= 11 is 4.92. The van der Waals surface area contributed by atoms with Gasteiger partial charge in [-0.2, -0.15) is 0 Å². The Morgan fingerprint density at radius 3 is 3.27 bits per heavy atom. The van der Waals surface area contributed by atoms with Gasteiger partial charge in [0, 0.05) is 15.7 Å². The first-order valence-corrected chi connectivity index (χ1v) is 6.07. The van der Waals surface area contributed by atoms with E-state index in [1.54, 1.807) is 11.8 Å². The molecule has 0 fully saturated rings. The maximum Gasteiger partial charge on any atom is 0.211 e. The van der Waals surface area contributed by atoms with Gasteiger partial charge in [-0.1, -0.05) is 18.3 Å². The fraction of sp³-hybridized carbons (Fsp3) is 0.286.